The van der Waals surface area contributed by atoms with Gasteiger partial charge in [-0.05, 0) is 109 Å². The Morgan fingerprint density at radius 2 is 0.906 bits per heavy atom. The number of allylic oxidation sites excluding steroid dienone is 22. The fourth-order valence-corrected chi connectivity index (χ4v) is 6.34. The van der Waals surface area contributed by atoms with E-state index in [-0.39, 0.29) is 25.6 Å². The second-order valence-electron chi connectivity index (χ2n) is 15.8. The Balaban J connectivity index is 2.32. The van der Waals surface area contributed by atoms with Crippen LogP contribution in [-0.4, -0.2) is 89.6 Å². The van der Waals surface area contributed by atoms with E-state index in [1.54, 1.807) is 0 Å². The molecule has 64 heavy (non-hydrogen) atoms. The third-order valence-electron chi connectivity index (χ3n) is 10.1. The van der Waals surface area contributed by atoms with Gasteiger partial charge in [-0.25, -0.2) is 0 Å². The highest BCUT2D eigenvalue weighted by molar-refractivity contribution is 5.69. The van der Waals surface area contributed by atoms with Crippen molar-refractivity contribution in [2.45, 2.75) is 179 Å². The van der Waals surface area contributed by atoms with Gasteiger partial charge in [-0.15, -0.1) is 0 Å². The second kappa shape index (κ2) is 44.5. The van der Waals surface area contributed by atoms with Crippen molar-refractivity contribution in [2.75, 3.05) is 26.4 Å². The minimum Gasteiger partial charge on any atom is -0.457 e. The van der Waals surface area contributed by atoms with E-state index in [0.717, 1.165) is 116 Å². The van der Waals surface area contributed by atoms with E-state index in [4.69, 9.17) is 18.9 Å². The summed E-state index contributed by atoms with van der Waals surface area (Å²) >= 11 is 0. The van der Waals surface area contributed by atoms with Crippen molar-refractivity contribution in [1.82, 2.24) is 0 Å². The normalized spacial score (nSPS) is 20.8. The lowest BCUT2D eigenvalue weighted by Gasteiger charge is -2.39. The summed E-state index contributed by atoms with van der Waals surface area (Å²) in [7, 11) is 0. The fraction of sp³-hybridized carbons (Fsp3) is 0.582. The van der Waals surface area contributed by atoms with Crippen molar-refractivity contribution in [3.05, 3.63) is 134 Å². The van der Waals surface area contributed by atoms with Crippen LogP contribution in [0.25, 0.3) is 0 Å². The Morgan fingerprint density at radius 3 is 1.34 bits per heavy atom. The Hall–Kier alpha value is -3.67. The minimum absolute atomic E-state index is 0.0989. The lowest BCUT2D eigenvalue weighted by atomic mass is 9.99. The lowest BCUT2D eigenvalue weighted by Crippen LogP contribution is -2.59. The standard InChI is InChI=1S/C55H86O9/c1-3-5-7-9-11-13-15-17-19-21-23-25-26-28-30-32-34-36-38-40-42-44-51(57)63-49(48-62-55-54(60)53(59)52(58)50(46-56)64-55)47-61-45-43-41-39-37-35-33-31-29-27-24-22-20-18-16-14-12-10-8-6-4-2/h5-8,11-14,17-20,23-25,27-28,30-31,33-34,36,49-50,52-56,58-60H,3-4,9-10,15-16,21-22,26,29,32,35,37-48H2,1-2H3/b7-5-,8-6-,13-11-,14-12-,19-17-,20-18-,25-23-,27-24-,30-28-,33-31-,36-34-. The first-order chi connectivity index (χ1) is 31.4. The van der Waals surface area contributed by atoms with E-state index in [1.807, 2.05) is 0 Å². The summed E-state index contributed by atoms with van der Waals surface area (Å²) in [6.45, 7) is 4.18. The first kappa shape index (κ1) is 58.3. The molecule has 6 unspecified atom stereocenters. The van der Waals surface area contributed by atoms with Crippen molar-refractivity contribution in [1.29, 1.82) is 0 Å². The number of esters is 1. The Labute approximate surface area is 388 Å². The smallest absolute Gasteiger partial charge is 0.306 e. The van der Waals surface area contributed by atoms with Gasteiger partial charge in [0.05, 0.1) is 19.8 Å². The monoisotopic (exact) mass is 891 g/mol. The summed E-state index contributed by atoms with van der Waals surface area (Å²) in [5.41, 5.74) is 0. The highest BCUT2D eigenvalue weighted by Gasteiger charge is 2.44. The summed E-state index contributed by atoms with van der Waals surface area (Å²) in [4.78, 5) is 12.8. The summed E-state index contributed by atoms with van der Waals surface area (Å²) in [5.74, 6) is -0.371. The largest absolute Gasteiger partial charge is 0.457 e. The molecule has 0 aromatic rings. The number of unbranched alkanes of at least 4 members (excludes halogenated alkanes) is 6. The van der Waals surface area contributed by atoms with Crippen LogP contribution in [0.4, 0.5) is 0 Å². The average molecular weight is 891 g/mol. The molecular weight excluding hydrogens is 805 g/mol. The molecule has 9 heteroatoms. The first-order valence-electron chi connectivity index (χ1n) is 24.3. The molecule has 0 amide bonds. The maximum atomic E-state index is 12.8. The molecular formula is C55H86O9. The van der Waals surface area contributed by atoms with E-state index in [2.05, 4.69) is 148 Å². The molecule has 1 aliphatic heterocycles. The van der Waals surface area contributed by atoms with Crippen LogP contribution in [0.15, 0.2) is 134 Å². The summed E-state index contributed by atoms with van der Waals surface area (Å²) < 4.78 is 22.8. The van der Waals surface area contributed by atoms with Gasteiger partial charge in [0.1, 0.15) is 30.5 Å². The van der Waals surface area contributed by atoms with Crippen LogP contribution >= 0.6 is 0 Å². The number of hydrogen-bond donors (Lipinski definition) is 4. The molecule has 1 rings (SSSR count). The summed E-state index contributed by atoms with van der Waals surface area (Å²) in [5, 5.41) is 40.2. The van der Waals surface area contributed by atoms with Crippen LogP contribution in [0.2, 0.25) is 0 Å². The second-order valence-corrected chi connectivity index (χ2v) is 15.8. The number of carbonyl (C=O) groups is 1. The Kier molecular flexibility index (Phi) is 40.6. The zero-order valence-corrected chi connectivity index (χ0v) is 39.5. The van der Waals surface area contributed by atoms with Gasteiger partial charge in [0.15, 0.2) is 6.29 Å². The highest BCUT2D eigenvalue weighted by Crippen LogP contribution is 2.22. The molecule has 1 aliphatic rings. The molecule has 0 bridgehead atoms. The van der Waals surface area contributed by atoms with Gasteiger partial charge < -0.3 is 39.4 Å². The molecule has 4 N–H and O–H groups in total. The molecule has 1 fully saturated rings. The van der Waals surface area contributed by atoms with Crippen LogP contribution in [-0.2, 0) is 23.7 Å². The fourth-order valence-electron chi connectivity index (χ4n) is 6.34. The SMILES string of the molecule is CC/C=C\C/C=C\C/C=C\C/C=C\C/C=C\C/C=C\CCCCC(=O)OC(COCCCCCC/C=C\C/C=C\C/C=C\C/C=C\C/C=C\CC)COC1OC(CO)C(O)C(O)C1O. The minimum atomic E-state index is -1.56. The van der Waals surface area contributed by atoms with Crippen molar-refractivity contribution in [2.24, 2.45) is 0 Å². The number of hydrogen-bond acceptors (Lipinski definition) is 9. The van der Waals surface area contributed by atoms with Gasteiger partial charge in [-0.2, -0.15) is 0 Å². The third kappa shape index (κ3) is 34.7. The molecule has 9 nitrogen and oxygen atoms in total. The quantitative estimate of drug-likeness (QED) is 0.0270. The number of rotatable bonds is 39. The number of aliphatic hydroxyl groups excluding tert-OH is 4. The van der Waals surface area contributed by atoms with Gasteiger partial charge >= 0.3 is 5.97 Å². The maximum Gasteiger partial charge on any atom is 0.306 e. The predicted molar refractivity (Wildman–Crippen MR) is 265 cm³/mol. The topological polar surface area (TPSA) is 135 Å². The molecule has 6 atom stereocenters. The zero-order chi connectivity index (χ0) is 46.4. The van der Waals surface area contributed by atoms with Gasteiger partial charge in [-0.1, -0.05) is 160 Å². The van der Waals surface area contributed by atoms with E-state index in [1.165, 1.54) is 0 Å². The molecule has 0 radical (unpaired) electrons. The van der Waals surface area contributed by atoms with Crippen LogP contribution in [0, 0.1) is 0 Å². The zero-order valence-electron chi connectivity index (χ0n) is 39.5. The third-order valence-corrected chi connectivity index (χ3v) is 10.1. The maximum absolute atomic E-state index is 12.8. The molecule has 0 aromatic heterocycles. The van der Waals surface area contributed by atoms with E-state index < -0.39 is 43.4 Å². The number of carbonyl (C=O) groups excluding carboxylic acids is 1. The number of aliphatic hydroxyl groups is 4. The van der Waals surface area contributed by atoms with Crippen LogP contribution in [0.3, 0.4) is 0 Å². The molecule has 360 valence electrons. The first-order valence-corrected chi connectivity index (χ1v) is 24.3. The van der Waals surface area contributed by atoms with Crippen molar-refractivity contribution < 1.29 is 44.2 Å². The van der Waals surface area contributed by atoms with E-state index in [0.29, 0.717) is 13.0 Å². The van der Waals surface area contributed by atoms with Crippen molar-refractivity contribution in [3.8, 4) is 0 Å². The predicted octanol–water partition coefficient (Wildman–Crippen LogP) is 11.7. The van der Waals surface area contributed by atoms with Gasteiger partial charge in [0.25, 0.3) is 0 Å². The molecule has 0 spiro atoms. The van der Waals surface area contributed by atoms with Crippen LogP contribution < -0.4 is 0 Å². The van der Waals surface area contributed by atoms with Crippen molar-refractivity contribution >= 4 is 5.97 Å². The van der Waals surface area contributed by atoms with Crippen LogP contribution in [0.5, 0.6) is 0 Å². The van der Waals surface area contributed by atoms with E-state index in [9.17, 15) is 25.2 Å². The lowest BCUT2D eigenvalue weighted by molar-refractivity contribution is -0.305. The Morgan fingerprint density at radius 1 is 0.500 bits per heavy atom. The average Bonchev–Trinajstić information content (AvgIpc) is 3.30. The van der Waals surface area contributed by atoms with Gasteiger partial charge in [0, 0.05) is 13.0 Å². The van der Waals surface area contributed by atoms with E-state index >= 15 is 0 Å². The molecule has 0 aromatic carbocycles. The Bertz CT molecular complexity index is 1430. The molecule has 0 saturated carbocycles. The molecule has 1 heterocycles. The molecule has 0 aliphatic carbocycles. The van der Waals surface area contributed by atoms with Crippen LogP contribution in [0.1, 0.15) is 142 Å². The highest BCUT2D eigenvalue weighted by atomic mass is 16.7. The van der Waals surface area contributed by atoms with Gasteiger partial charge in [0.2, 0.25) is 0 Å². The summed E-state index contributed by atoms with van der Waals surface area (Å²) in [6, 6.07) is 0. The van der Waals surface area contributed by atoms with Gasteiger partial charge in [-0.3, -0.25) is 4.79 Å². The number of ether oxygens (including phenoxy) is 4. The summed E-state index contributed by atoms with van der Waals surface area (Å²) in [6.07, 6.45) is 59.1. The molecule has 1 saturated heterocycles. The van der Waals surface area contributed by atoms with Crippen molar-refractivity contribution in [3.63, 3.8) is 0 Å².